The quantitative estimate of drug-likeness (QED) is 0.847. The Balaban J connectivity index is 3.04. The maximum atomic E-state index is 11.3. The van der Waals surface area contributed by atoms with Crippen LogP contribution in [0.15, 0.2) is 35.2 Å². The number of benzene rings is 1. The third-order valence-electron chi connectivity index (χ3n) is 1.88. The lowest BCUT2D eigenvalue weighted by Gasteiger charge is -2.00. The van der Waals surface area contributed by atoms with Crippen molar-refractivity contribution in [3.8, 4) is 0 Å². The van der Waals surface area contributed by atoms with Gasteiger partial charge in [-0.25, -0.2) is 8.42 Å². The highest BCUT2D eigenvalue weighted by Crippen LogP contribution is 2.12. The lowest BCUT2D eigenvalue weighted by molar-refractivity contribution is 0.602. The van der Waals surface area contributed by atoms with E-state index in [9.17, 15) is 8.42 Å². The minimum atomic E-state index is -3.13. The molecule has 0 amide bonds. The van der Waals surface area contributed by atoms with Crippen molar-refractivity contribution in [3.63, 3.8) is 0 Å². The number of hydrogen-bond acceptors (Lipinski definition) is 3. The zero-order valence-corrected chi connectivity index (χ0v) is 9.66. The summed E-state index contributed by atoms with van der Waals surface area (Å²) < 4.78 is 22.5. The third-order valence-corrected chi connectivity index (χ3v) is 2.99. The van der Waals surface area contributed by atoms with E-state index in [-0.39, 0.29) is 6.04 Å². The van der Waals surface area contributed by atoms with E-state index >= 15 is 0 Å². The van der Waals surface area contributed by atoms with Crippen molar-refractivity contribution in [2.75, 3.05) is 6.26 Å². The van der Waals surface area contributed by atoms with E-state index < -0.39 is 9.84 Å². The first-order chi connectivity index (χ1) is 6.89. The van der Waals surface area contributed by atoms with E-state index in [1.807, 2.05) is 25.1 Å². The minimum absolute atomic E-state index is 0.0353. The molecule has 0 aliphatic carbocycles. The Hall–Kier alpha value is -1.13. The van der Waals surface area contributed by atoms with Gasteiger partial charge in [0.05, 0.1) is 4.90 Å². The largest absolute Gasteiger partial charge is 0.325 e. The molecule has 82 valence electrons. The summed E-state index contributed by atoms with van der Waals surface area (Å²) in [6, 6.07) is 6.74. The van der Waals surface area contributed by atoms with Crippen LogP contribution >= 0.6 is 0 Å². The van der Waals surface area contributed by atoms with Crippen LogP contribution in [0.3, 0.4) is 0 Å². The van der Waals surface area contributed by atoms with Crippen molar-refractivity contribution in [3.05, 3.63) is 35.9 Å². The van der Waals surface area contributed by atoms with Crippen LogP contribution in [0.4, 0.5) is 0 Å². The monoisotopic (exact) mass is 225 g/mol. The Morgan fingerprint density at radius 3 is 2.60 bits per heavy atom. The van der Waals surface area contributed by atoms with Gasteiger partial charge in [-0.05, 0) is 24.6 Å². The smallest absolute Gasteiger partial charge is 0.175 e. The molecule has 1 aromatic rings. The first kappa shape index (κ1) is 11.9. The zero-order chi connectivity index (χ0) is 11.5. The average Bonchev–Trinajstić information content (AvgIpc) is 2.14. The topological polar surface area (TPSA) is 60.2 Å². The van der Waals surface area contributed by atoms with E-state index in [0.717, 1.165) is 5.56 Å². The number of hydrogen-bond donors (Lipinski definition) is 1. The molecule has 4 heteroatoms. The van der Waals surface area contributed by atoms with Crippen LogP contribution in [0, 0.1) is 0 Å². The summed E-state index contributed by atoms with van der Waals surface area (Å²) in [5.74, 6) is 0. The summed E-state index contributed by atoms with van der Waals surface area (Å²) in [6.07, 6.45) is 4.84. The molecule has 15 heavy (non-hydrogen) atoms. The van der Waals surface area contributed by atoms with Crippen molar-refractivity contribution in [2.24, 2.45) is 5.73 Å². The van der Waals surface area contributed by atoms with Gasteiger partial charge in [0.25, 0.3) is 0 Å². The SMILES string of the molecule is CC(N)/C=C/c1cccc(S(C)(=O)=O)c1. The van der Waals surface area contributed by atoms with Crippen molar-refractivity contribution in [1.29, 1.82) is 0 Å². The van der Waals surface area contributed by atoms with Crippen LogP contribution in [-0.4, -0.2) is 20.7 Å². The van der Waals surface area contributed by atoms with Gasteiger partial charge in [-0.15, -0.1) is 0 Å². The minimum Gasteiger partial charge on any atom is -0.325 e. The fraction of sp³-hybridized carbons (Fsp3) is 0.273. The Kier molecular flexibility index (Phi) is 3.66. The Bertz CT molecular complexity index is 461. The van der Waals surface area contributed by atoms with Gasteiger partial charge in [-0.3, -0.25) is 0 Å². The highest BCUT2D eigenvalue weighted by Gasteiger charge is 2.05. The molecular formula is C11H15NO2S. The van der Waals surface area contributed by atoms with E-state index in [1.165, 1.54) is 6.26 Å². The fourth-order valence-corrected chi connectivity index (χ4v) is 1.79. The number of nitrogens with two attached hydrogens (primary N) is 1. The van der Waals surface area contributed by atoms with Gasteiger partial charge in [0, 0.05) is 12.3 Å². The van der Waals surface area contributed by atoms with Gasteiger partial charge in [0.15, 0.2) is 9.84 Å². The van der Waals surface area contributed by atoms with Crippen LogP contribution < -0.4 is 5.73 Å². The molecule has 1 atom stereocenters. The zero-order valence-electron chi connectivity index (χ0n) is 8.84. The molecule has 2 N–H and O–H groups in total. The van der Waals surface area contributed by atoms with Crippen molar-refractivity contribution < 1.29 is 8.42 Å². The van der Waals surface area contributed by atoms with Crippen molar-refractivity contribution in [2.45, 2.75) is 17.9 Å². The Morgan fingerprint density at radius 2 is 2.07 bits per heavy atom. The highest BCUT2D eigenvalue weighted by atomic mass is 32.2. The highest BCUT2D eigenvalue weighted by molar-refractivity contribution is 7.90. The molecule has 1 rings (SSSR count). The maximum absolute atomic E-state index is 11.3. The van der Waals surface area contributed by atoms with E-state index in [0.29, 0.717) is 4.90 Å². The number of rotatable bonds is 3. The normalized spacial score (nSPS) is 14.3. The second-order valence-corrected chi connectivity index (χ2v) is 5.58. The summed E-state index contributed by atoms with van der Waals surface area (Å²) in [4.78, 5) is 0.328. The molecule has 0 heterocycles. The first-order valence-electron chi connectivity index (χ1n) is 4.63. The van der Waals surface area contributed by atoms with Crippen LogP contribution in [0.1, 0.15) is 12.5 Å². The first-order valence-corrected chi connectivity index (χ1v) is 6.52. The van der Waals surface area contributed by atoms with Crippen molar-refractivity contribution >= 4 is 15.9 Å². The molecule has 0 bridgehead atoms. The van der Waals surface area contributed by atoms with Gasteiger partial charge >= 0.3 is 0 Å². The van der Waals surface area contributed by atoms with E-state index in [1.54, 1.807) is 18.2 Å². The summed E-state index contributed by atoms with van der Waals surface area (Å²) in [7, 11) is -3.13. The average molecular weight is 225 g/mol. The summed E-state index contributed by atoms with van der Waals surface area (Å²) in [6.45, 7) is 1.86. The Morgan fingerprint density at radius 1 is 1.40 bits per heavy atom. The lowest BCUT2D eigenvalue weighted by atomic mass is 10.2. The molecule has 0 aliphatic heterocycles. The fourth-order valence-electron chi connectivity index (χ4n) is 1.11. The molecule has 0 aliphatic rings. The van der Waals surface area contributed by atoms with Gasteiger partial charge < -0.3 is 5.73 Å². The van der Waals surface area contributed by atoms with Crippen LogP contribution in [0.2, 0.25) is 0 Å². The molecule has 0 radical (unpaired) electrons. The molecule has 0 aromatic heterocycles. The second-order valence-electron chi connectivity index (χ2n) is 3.56. The van der Waals surface area contributed by atoms with Crippen molar-refractivity contribution in [1.82, 2.24) is 0 Å². The predicted molar refractivity (Wildman–Crippen MR) is 62.2 cm³/mol. The summed E-state index contributed by atoms with van der Waals surface area (Å²) >= 11 is 0. The van der Waals surface area contributed by atoms with Crippen LogP contribution in [-0.2, 0) is 9.84 Å². The summed E-state index contributed by atoms with van der Waals surface area (Å²) in [5, 5.41) is 0. The van der Waals surface area contributed by atoms with Gasteiger partial charge in [0.1, 0.15) is 0 Å². The standard InChI is InChI=1S/C11H15NO2S/c1-9(12)6-7-10-4-3-5-11(8-10)15(2,13)14/h3-9H,12H2,1-2H3/b7-6+. The van der Waals surface area contributed by atoms with E-state index in [4.69, 9.17) is 5.73 Å². The molecule has 3 nitrogen and oxygen atoms in total. The Labute approximate surface area is 90.5 Å². The predicted octanol–water partition coefficient (Wildman–Crippen LogP) is 1.45. The maximum Gasteiger partial charge on any atom is 0.175 e. The second kappa shape index (κ2) is 4.59. The van der Waals surface area contributed by atoms with Crippen LogP contribution in [0.25, 0.3) is 6.08 Å². The van der Waals surface area contributed by atoms with Gasteiger partial charge in [-0.1, -0.05) is 24.3 Å². The molecule has 0 saturated carbocycles. The molecule has 1 aromatic carbocycles. The van der Waals surface area contributed by atoms with Gasteiger partial charge in [-0.2, -0.15) is 0 Å². The molecule has 0 fully saturated rings. The molecule has 0 saturated heterocycles. The molecule has 0 spiro atoms. The van der Waals surface area contributed by atoms with Gasteiger partial charge in [0.2, 0.25) is 0 Å². The van der Waals surface area contributed by atoms with Crippen LogP contribution in [0.5, 0.6) is 0 Å². The summed E-state index contributed by atoms with van der Waals surface area (Å²) in [5.41, 5.74) is 6.40. The van der Waals surface area contributed by atoms with E-state index in [2.05, 4.69) is 0 Å². The molecule has 1 unspecified atom stereocenters. The number of sulfone groups is 1. The lowest BCUT2D eigenvalue weighted by Crippen LogP contribution is -2.09. The third kappa shape index (κ3) is 3.85. The molecular weight excluding hydrogens is 210 g/mol.